The van der Waals surface area contributed by atoms with Gasteiger partial charge < -0.3 is 9.84 Å². The molecular weight excluding hydrogens is 292 g/mol. The number of phenols is 1. The van der Waals surface area contributed by atoms with Crippen molar-refractivity contribution in [3.63, 3.8) is 0 Å². The number of ether oxygens (including phenoxy) is 1. The highest BCUT2D eigenvalue weighted by molar-refractivity contribution is 6.02. The van der Waals surface area contributed by atoms with Crippen LogP contribution in [0.15, 0.2) is 42.0 Å². The van der Waals surface area contributed by atoms with E-state index >= 15 is 0 Å². The largest absolute Gasteiger partial charge is 0.506 e. The van der Waals surface area contributed by atoms with E-state index in [2.05, 4.69) is 13.0 Å². The summed E-state index contributed by atoms with van der Waals surface area (Å²) in [6, 6.07) is 4.46. The quantitative estimate of drug-likeness (QED) is 0.463. The molecule has 0 bridgehead atoms. The van der Waals surface area contributed by atoms with Crippen LogP contribution in [0.1, 0.15) is 54.8 Å². The van der Waals surface area contributed by atoms with Crippen LogP contribution in [0.4, 0.5) is 0 Å². The predicted molar refractivity (Wildman–Crippen MR) is 90.7 cm³/mol. The van der Waals surface area contributed by atoms with Gasteiger partial charge in [0.2, 0.25) is 0 Å². The smallest absolute Gasteiger partial charge is 0.342 e. The molecule has 1 atom stereocenters. The number of phenolic OH excluding ortho intramolecular Hbond substituents is 1. The minimum Gasteiger partial charge on any atom is -0.506 e. The van der Waals surface area contributed by atoms with Crippen molar-refractivity contribution >= 4 is 11.8 Å². The summed E-state index contributed by atoms with van der Waals surface area (Å²) < 4.78 is 5.15. The van der Waals surface area contributed by atoms with Gasteiger partial charge in [0.1, 0.15) is 17.9 Å². The lowest BCUT2D eigenvalue weighted by molar-refractivity contribution is 0.0545. The predicted octanol–water partition coefficient (Wildman–Crippen LogP) is 4.30. The summed E-state index contributed by atoms with van der Waals surface area (Å²) in [6.45, 7) is 7.56. The lowest BCUT2D eigenvalue weighted by Gasteiger charge is -2.09. The number of carbonyl (C=O) groups is 2. The molecular formula is C19H24O4. The molecule has 1 aromatic carbocycles. The van der Waals surface area contributed by atoms with Crippen molar-refractivity contribution in [2.45, 2.75) is 34.1 Å². The van der Waals surface area contributed by atoms with Crippen molar-refractivity contribution < 1.29 is 19.4 Å². The topological polar surface area (TPSA) is 63.6 Å². The molecule has 124 valence electrons. The maximum Gasteiger partial charge on any atom is 0.342 e. The van der Waals surface area contributed by atoms with Gasteiger partial charge in [0.15, 0.2) is 5.78 Å². The second-order valence-electron chi connectivity index (χ2n) is 5.61. The van der Waals surface area contributed by atoms with Gasteiger partial charge in [0.25, 0.3) is 0 Å². The van der Waals surface area contributed by atoms with Gasteiger partial charge in [-0.05, 0) is 51.3 Å². The fourth-order valence-corrected chi connectivity index (χ4v) is 2.32. The summed E-state index contributed by atoms with van der Waals surface area (Å²) in [7, 11) is 0. The highest BCUT2D eigenvalue weighted by Crippen LogP contribution is 2.23. The van der Waals surface area contributed by atoms with E-state index in [1.807, 2.05) is 26.0 Å². The summed E-state index contributed by atoms with van der Waals surface area (Å²) in [5.74, 6) is -0.835. The molecule has 0 aliphatic carbocycles. The zero-order valence-corrected chi connectivity index (χ0v) is 14.1. The highest BCUT2D eigenvalue weighted by atomic mass is 16.5. The van der Waals surface area contributed by atoms with Gasteiger partial charge in [0.05, 0.1) is 5.56 Å². The molecule has 0 aliphatic heterocycles. The number of benzene rings is 1. The van der Waals surface area contributed by atoms with E-state index in [9.17, 15) is 14.7 Å². The normalized spacial score (nSPS) is 13.1. The van der Waals surface area contributed by atoms with Crippen LogP contribution in [-0.4, -0.2) is 23.5 Å². The van der Waals surface area contributed by atoms with Gasteiger partial charge in [-0.25, -0.2) is 4.79 Å². The van der Waals surface area contributed by atoms with Crippen LogP contribution in [0.5, 0.6) is 5.75 Å². The van der Waals surface area contributed by atoms with Crippen LogP contribution in [0, 0.1) is 5.92 Å². The molecule has 0 radical (unpaired) electrons. The summed E-state index contributed by atoms with van der Waals surface area (Å²) in [5.41, 5.74) is 1.25. The third-order valence-electron chi connectivity index (χ3n) is 3.45. The van der Waals surface area contributed by atoms with Gasteiger partial charge in [-0.3, -0.25) is 4.79 Å². The lowest BCUT2D eigenvalue weighted by atomic mass is 10.0. The van der Waals surface area contributed by atoms with Crippen molar-refractivity contribution in [2.75, 3.05) is 6.61 Å². The SMILES string of the molecule is C/C=C/C(C)C/C(C)=C/COC(=O)c1cccc(C(C)=O)c1O. The van der Waals surface area contributed by atoms with Crippen molar-refractivity contribution in [2.24, 2.45) is 5.92 Å². The van der Waals surface area contributed by atoms with Crippen LogP contribution in [0.25, 0.3) is 0 Å². The first kappa shape index (κ1) is 18.7. The Labute approximate surface area is 137 Å². The van der Waals surface area contributed by atoms with E-state index in [-0.39, 0.29) is 29.3 Å². The molecule has 4 nitrogen and oxygen atoms in total. The van der Waals surface area contributed by atoms with Gasteiger partial charge in [-0.15, -0.1) is 0 Å². The maximum absolute atomic E-state index is 12.0. The van der Waals surface area contributed by atoms with E-state index < -0.39 is 5.97 Å². The Kier molecular flexibility index (Phi) is 7.26. The summed E-state index contributed by atoms with van der Waals surface area (Å²) in [5, 5.41) is 9.97. The molecule has 0 aliphatic rings. The van der Waals surface area contributed by atoms with Crippen molar-refractivity contribution in [1.29, 1.82) is 0 Å². The standard InChI is InChI=1S/C19H24O4/c1-5-7-13(2)12-14(3)10-11-23-19(22)17-9-6-8-16(15(4)20)18(17)21/h5-10,13,21H,11-12H2,1-4H3/b7-5+,14-10+. The van der Waals surface area contributed by atoms with Crippen LogP contribution in [0.3, 0.4) is 0 Å². The van der Waals surface area contributed by atoms with Gasteiger partial charge in [-0.2, -0.15) is 0 Å². The van der Waals surface area contributed by atoms with Crippen molar-refractivity contribution in [3.8, 4) is 5.75 Å². The molecule has 23 heavy (non-hydrogen) atoms. The fourth-order valence-electron chi connectivity index (χ4n) is 2.32. The number of hydrogen-bond donors (Lipinski definition) is 1. The third kappa shape index (κ3) is 5.74. The molecule has 0 saturated heterocycles. The number of hydrogen-bond acceptors (Lipinski definition) is 4. The molecule has 0 saturated carbocycles. The van der Waals surface area contributed by atoms with E-state index in [0.717, 1.165) is 12.0 Å². The molecule has 0 heterocycles. The summed E-state index contributed by atoms with van der Waals surface area (Å²) in [4.78, 5) is 23.4. The first-order valence-corrected chi connectivity index (χ1v) is 7.65. The molecule has 1 unspecified atom stereocenters. The average molecular weight is 316 g/mol. The van der Waals surface area contributed by atoms with Crippen LogP contribution >= 0.6 is 0 Å². The molecule has 1 rings (SSSR count). The van der Waals surface area contributed by atoms with Crippen LogP contribution in [0.2, 0.25) is 0 Å². The Morgan fingerprint density at radius 1 is 1.26 bits per heavy atom. The molecule has 0 spiro atoms. The van der Waals surface area contributed by atoms with Crippen LogP contribution < -0.4 is 0 Å². The number of para-hydroxylation sites is 1. The van der Waals surface area contributed by atoms with E-state index in [1.165, 1.54) is 19.1 Å². The fraction of sp³-hybridized carbons (Fsp3) is 0.368. The Hall–Kier alpha value is -2.36. The number of Topliss-reactive ketones (excluding diaryl/α,β-unsaturated/α-hetero) is 1. The molecule has 4 heteroatoms. The van der Waals surface area contributed by atoms with Crippen LogP contribution in [-0.2, 0) is 4.74 Å². The molecule has 0 fully saturated rings. The average Bonchev–Trinajstić information content (AvgIpc) is 2.47. The molecule has 0 amide bonds. The Bertz CT molecular complexity index is 626. The number of rotatable bonds is 7. The van der Waals surface area contributed by atoms with Gasteiger partial charge >= 0.3 is 5.97 Å². The van der Waals surface area contributed by atoms with Crippen molar-refractivity contribution in [3.05, 3.63) is 53.1 Å². The molecule has 1 N–H and O–H groups in total. The van der Waals surface area contributed by atoms with E-state index in [1.54, 1.807) is 6.07 Å². The van der Waals surface area contributed by atoms with Gasteiger partial charge in [-0.1, -0.05) is 30.7 Å². The zero-order valence-electron chi connectivity index (χ0n) is 14.1. The Morgan fingerprint density at radius 2 is 1.91 bits per heavy atom. The third-order valence-corrected chi connectivity index (χ3v) is 3.45. The minimum atomic E-state index is -0.642. The highest BCUT2D eigenvalue weighted by Gasteiger charge is 2.17. The Balaban J connectivity index is 2.68. The second kappa shape index (κ2) is 8.93. The monoisotopic (exact) mass is 316 g/mol. The van der Waals surface area contributed by atoms with E-state index in [0.29, 0.717) is 5.92 Å². The maximum atomic E-state index is 12.0. The second-order valence-corrected chi connectivity index (χ2v) is 5.61. The summed E-state index contributed by atoms with van der Waals surface area (Å²) in [6.07, 6.45) is 6.88. The first-order valence-electron chi connectivity index (χ1n) is 7.65. The number of esters is 1. The van der Waals surface area contributed by atoms with Gasteiger partial charge in [0, 0.05) is 0 Å². The molecule has 1 aromatic rings. The number of allylic oxidation sites excluding steroid dienone is 3. The van der Waals surface area contributed by atoms with E-state index in [4.69, 9.17) is 4.74 Å². The number of aromatic hydroxyl groups is 1. The van der Waals surface area contributed by atoms with Crippen molar-refractivity contribution in [1.82, 2.24) is 0 Å². The number of ketones is 1. The zero-order chi connectivity index (χ0) is 17.4. The molecule has 0 aromatic heterocycles. The first-order chi connectivity index (χ1) is 10.9. The minimum absolute atomic E-state index is 0.00559. The Morgan fingerprint density at radius 3 is 2.52 bits per heavy atom. The lowest BCUT2D eigenvalue weighted by Crippen LogP contribution is -2.07. The summed E-state index contributed by atoms with van der Waals surface area (Å²) >= 11 is 0. The number of carbonyl (C=O) groups excluding carboxylic acids is 2.